The van der Waals surface area contributed by atoms with Crippen LogP contribution >= 0.6 is 15.9 Å². The minimum atomic E-state index is 0.0176. The molecule has 0 unspecified atom stereocenters. The quantitative estimate of drug-likeness (QED) is 0.860. The number of amides is 1. The van der Waals surface area contributed by atoms with Gasteiger partial charge in [-0.2, -0.15) is 0 Å². The van der Waals surface area contributed by atoms with E-state index in [4.69, 9.17) is 0 Å². The van der Waals surface area contributed by atoms with Crippen molar-refractivity contribution in [2.24, 2.45) is 7.05 Å². The maximum absolute atomic E-state index is 12.6. The largest absolute Gasteiger partial charge is 0.345 e. The van der Waals surface area contributed by atoms with Crippen LogP contribution in [0, 0.1) is 6.92 Å². The first-order valence-electron chi connectivity index (χ1n) is 6.55. The standard InChI is InChI=1S/C15H18BrN3O/c1-4-19(10-13-7-5-6-11(2)17-13)15(20)14-8-12(16)9-18(14)3/h5-9H,4,10H2,1-3H3. The van der Waals surface area contributed by atoms with E-state index in [0.29, 0.717) is 18.8 Å². The molecule has 4 nitrogen and oxygen atoms in total. The molecular formula is C15H18BrN3O. The van der Waals surface area contributed by atoms with Gasteiger partial charge in [-0.3, -0.25) is 9.78 Å². The minimum absolute atomic E-state index is 0.0176. The van der Waals surface area contributed by atoms with Crippen LogP contribution in [-0.2, 0) is 13.6 Å². The zero-order valence-electron chi connectivity index (χ0n) is 11.9. The molecule has 2 heterocycles. The van der Waals surface area contributed by atoms with Crippen molar-refractivity contribution >= 4 is 21.8 Å². The van der Waals surface area contributed by atoms with Gasteiger partial charge >= 0.3 is 0 Å². The van der Waals surface area contributed by atoms with Gasteiger partial charge in [0.25, 0.3) is 5.91 Å². The highest BCUT2D eigenvalue weighted by Gasteiger charge is 2.18. The van der Waals surface area contributed by atoms with E-state index < -0.39 is 0 Å². The topological polar surface area (TPSA) is 38.1 Å². The number of rotatable bonds is 4. The summed E-state index contributed by atoms with van der Waals surface area (Å²) in [4.78, 5) is 18.8. The molecule has 0 aliphatic carbocycles. The summed E-state index contributed by atoms with van der Waals surface area (Å²) in [5.74, 6) is 0.0176. The van der Waals surface area contributed by atoms with Crippen LogP contribution < -0.4 is 0 Å². The fourth-order valence-corrected chi connectivity index (χ4v) is 2.63. The number of aryl methyl sites for hydroxylation is 2. The van der Waals surface area contributed by atoms with Gasteiger partial charge in [-0.25, -0.2) is 0 Å². The Labute approximate surface area is 127 Å². The lowest BCUT2D eigenvalue weighted by Gasteiger charge is -2.20. The van der Waals surface area contributed by atoms with Crippen molar-refractivity contribution < 1.29 is 4.79 Å². The molecule has 0 radical (unpaired) electrons. The smallest absolute Gasteiger partial charge is 0.270 e. The van der Waals surface area contributed by atoms with Crippen LogP contribution in [0.4, 0.5) is 0 Å². The van der Waals surface area contributed by atoms with Crippen LogP contribution in [0.3, 0.4) is 0 Å². The van der Waals surface area contributed by atoms with E-state index in [-0.39, 0.29) is 5.91 Å². The molecule has 0 N–H and O–H groups in total. The molecule has 5 heteroatoms. The van der Waals surface area contributed by atoms with Crippen molar-refractivity contribution in [2.75, 3.05) is 6.54 Å². The first-order chi connectivity index (χ1) is 9.51. The molecule has 0 saturated heterocycles. The summed E-state index contributed by atoms with van der Waals surface area (Å²) >= 11 is 3.39. The highest BCUT2D eigenvalue weighted by atomic mass is 79.9. The summed E-state index contributed by atoms with van der Waals surface area (Å²) in [5, 5.41) is 0. The predicted molar refractivity (Wildman–Crippen MR) is 82.5 cm³/mol. The van der Waals surface area contributed by atoms with Crippen LogP contribution in [0.15, 0.2) is 34.9 Å². The van der Waals surface area contributed by atoms with Crippen molar-refractivity contribution in [3.8, 4) is 0 Å². The molecule has 0 aliphatic rings. The van der Waals surface area contributed by atoms with E-state index >= 15 is 0 Å². The van der Waals surface area contributed by atoms with E-state index in [9.17, 15) is 4.79 Å². The summed E-state index contributed by atoms with van der Waals surface area (Å²) in [6.45, 7) is 5.11. The number of halogens is 1. The van der Waals surface area contributed by atoms with E-state index in [1.165, 1.54) is 0 Å². The molecule has 0 bridgehead atoms. The average molecular weight is 336 g/mol. The van der Waals surface area contributed by atoms with E-state index in [1.807, 2.05) is 55.9 Å². The highest BCUT2D eigenvalue weighted by Crippen LogP contribution is 2.16. The van der Waals surface area contributed by atoms with Crippen LogP contribution in [0.25, 0.3) is 0 Å². The van der Waals surface area contributed by atoms with E-state index in [2.05, 4.69) is 20.9 Å². The zero-order valence-corrected chi connectivity index (χ0v) is 13.5. The Balaban J connectivity index is 2.20. The Morgan fingerprint density at radius 2 is 2.20 bits per heavy atom. The Bertz CT molecular complexity index is 621. The predicted octanol–water partition coefficient (Wildman–Crippen LogP) is 3.15. The number of carbonyl (C=O) groups excluding carboxylic acids is 1. The molecule has 2 aromatic rings. The summed E-state index contributed by atoms with van der Waals surface area (Å²) < 4.78 is 2.74. The molecule has 0 aliphatic heterocycles. The average Bonchev–Trinajstić information content (AvgIpc) is 2.74. The molecule has 2 rings (SSSR count). The lowest BCUT2D eigenvalue weighted by molar-refractivity contribution is 0.0741. The monoisotopic (exact) mass is 335 g/mol. The van der Waals surface area contributed by atoms with Gasteiger partial charge in [-0.15, -0.1) is 0 Å². The van der Waals surface area contributed by atoms with Crippen LogP contribution in [0.1, 0.15) is 28.8 Å². The molecule has 20 heavy (non-hydrogen) atoms. The second-order valence-electron chi connectivity index (χ2n) is 4.74. The molecule has 106 valence electrons. The highest BCUT2D eigenvalue weighted by molar-refractivity contribution is 9.10. The van der Waals surface area contributed by atoms with Gasteiger partial charge in [0.05, 0.1) is 12.2 Å². The summed E-state index contributed by atoms with van der Waals surface area (Å²) in [7, 11) is 1.87. The van der Waals surface area contributed by atoms with Gasteiger partial charge in [-0.05, 0) is 48.0 Å². The Morgan fingerprint density at radius 3 is 2.75 bits per heavy atom. The van der Waals surface area contributed by atoms with E-state index in [1.54, 1.807) is 4.90 Å². The molecule has 0 atom stereocenters. The van der Waals surface area contributed by atoms with Crippen molar-refractivity contribution in [3.63, 3.8) is 0 Å². The van der Waals surface area contributed by atoms with Crippen molar-refractivity contribution in [3.05, 3.63) is 52.0 Å². The van der Waals surface area contributed by atoms with Crippen molar-refractivity contribution in [1.29, 1.82) is 0 Å². The lowest BCUT2D eigenvalue weighted by atomic mass is 10.2. The summed E-state index contributed by atoms with van der Waals surface area (Å²) in [6.07, 6.45) is 1.88. The zero-order chi connectivity index (χ0) is 14.7. The summed E-state index contributed by atoms with van der Waals surface area (Å²) in [6, 6.07) is 7.71. The SMILES string of the molecule is CCN(Cc1cccc(C)n1)C(=O)c1cc(Br)cn1C. The van der Waals surface area contributed by atoms with Gasteiger partial charge in [0.1, 0.15) is 5.69 Å². The second-order valence-corrected chi connectivity index (χ2v) is 5.66. The van der Waals surface area contributed by atoms with Gasteiger partial charge in [0.15, 0.2) is 0 Å². The van der Waals surface area contributed by atoms with Gasteiger partial charge < -0.3 is 9.47 Å². The molecule has 0 fully saturated rings. The third-order valence-corrected chi connectivity index (χ3v) is 3.59. The third-order valence-electron chi connectivity index (χ3n) is 3.16. The lowest BCUT2D eigenvalue weighted by Crippen LogP contribution is -2.31. The minimum Gasteiger partial charge on any atom is -0.345 e. The number of hydrogen-bond acceptors (Lipinski definition) is 2. The first kappa shape index (κ1) is 14.8. The maximum Gasteiger partial charge on any atom is 0.270 e. The summed E-state index contributed by atoms with van der Waals surface area (Å²) in [5.41, 5.74) is 2.55. The maximum atomic E-state index is 12.6. The molecule has 0 aromatic carbocycles. The third kappa shape index (κ3) is 3.28. The molecule has 0 spiro atoms. The Kier molecular flexibility index (Phi) is 4.60. The molecule has 0 saturated carbocycles. The first-order valence-corrected chi connectivity index (χ1v) is 7.34. The molecule has 2 aromatic heterocycles. The van der Waals surface area contributed by atoms with Crippen molar-refractivity contribution in [1.82, 2.24) is 14.5 Å². The van der Waals surface area contributed by atoms with Gasteiger partial charge in [-0.1, -0.05) is 6.07 Å². The normalized spacial score (nSPS) is 10.6. The van der Waals surface area contributed by atoms with Crippen LogP contribution in [-0.4, -0.2) is 26.9 Å². The van der Waals surface area contributed by atoms with Gasteiger partial charge in [0.2, 0.25) is 0 Å². The number of hydrogen-bond donors (Lipinski definition) is 0. The number of nitrogens with zero attached hydrogens (tertiary/aromatic N) is 3. The fourth-order valence-electron chi connectivity index (χ4n) is 2.11. The fraction of sp³-hybridized carbons (Fsp3) is 0.333. The number of carbonyl (C=O) groups is 1. The van der Waals surface area contributed by atoms with E-state index in [0.717, 1.165) is 15.9 Å². The Hall–Kier alpha value is -1.62. The Morgan fingerprint density at radius 1 is 1.45 bits per heavy atom. The van der Waals surface area contributed by atoms with Crippen molar-refractivity contribution in [2.45, 2.75) is 20.4 Å². The van der Waals surface area contributed by atoms with Gasteiger partial charge in [0, 0.05) is 30.0 Å². The number of pyridine rings is 1. The molecular weight excluding hydrogens is 318 g/mol. The molecule has 1 amide bonds. The number of aromatic nitrogens is 2. The van der Waals surface area contributed by atoms with Crippen LogP contribution in [0.5, 0.6) is 0 Å². The second kappa shape index (κ2) is 6.22. The van der Waals surface area contributed by atoms with Crippen LogP contribution in [0.2, 0.25) is 0 Å².